The van der Waals surface area contributed by atoms with E-state index in [0.29, 0.717) is 5.75 Å². The highest BCUT2D eigenvalue weighted by Crippen LogP contribution is 2.27. The van der Waals surface area contributed by atoms with Gasteiger partial charge in [0.15, 0.2) is 11.6 Å². The Balaban J connectivity index is 1.37. The number of halogens is 1. The second kappa shape index (κ2) is 6.80. The number of ether oxygens (including phenoxy) is 1. The summed E-state index contributed by atoms with van der Waals surface area (Å²) >= 11 is 0. The fraction of sp³-hybridized carbons (Fsp3) is 0.368. The number of hydrogen-bond acceptors (Lipinski definition) is 4. The van der Waals surface area contributed by atoms with Crippen LogP contribution in [0.4, 0.5) is 4.39 Å². The number of nitrogens with zero attached hydrogens (tertiary/aromatic N) is 4. The fourth-order valence-corrected chi connectivity index (χ4v) is 3.35. The van der Waals surface area contributed by atoms with Gasteiger partial charge in [-0.3, -0.25) is 14.6 Å². The van der Waals surface area contributed by atoms with E-state index in [1.165, 1.54) is 11.6 Å². The lowest BCUT2D eigenvalue weighted by molar-refractivity contribution is 0.0937. The van der Waals surface area contributed by atoms with Crippen LogP contribution < -0.4 is 4.74 Å². The molecule has 1 saturated heterocycles. The van der Waals surface area contributed by atoms with Crippen LogP contribution in [-0.2, 0) is 13.6 Å². The normalized spacial score (nSPS) is 16.4. The minimum Gasteiger partial charge on any atom is -0.487 e. The van der Waals surface area contributed by atoms with Gasteiger partial charge >= 0.3 is 0 Å². The quantitative estimate of drug-likeness (QED) is 0.732. The first-order valence-electron chi connectivity index (χ1n) is 8.57. The summed E-state index contributed by atoms with van der Waals surface area (Å²) in [5.74, 6) is 0.0164. The van der Waals surface area contributed by atoms with Crippen LogP contribution in [-0.4, -0.2) is 38.9 Å². The molecule has 0 amide bonds. The molecule has 0 unspecified atom stereocenters. The number of benzene rings is 1. The van der Waals surface area contributed by atoms with Crippen LogP contribution in [0.2, 0.25) is 0 Å². The van der Waals surface area contributed by atoms with Crippen molar-refractivity contribution in [2.45, 2.75) is 25.5 Å². The van der Waals surface area contributed by atoms with E-state index < -0.39 is 0 Å². The van der Waals surface area contributed by atoms with E-state index in [2.05, 4.69) is 15.0 Å². The van der Waals surface area contributed by atoms with Crippen molar-refractivity contribution in [2.24, 2.45) is 7.05 Å². The Hall–Kier alpha value is -2.47. The first-order valence-corrected chi connectivity index (χ1v) is 8.57. The standard InChI is InChI=1S/C19H21FN4O/c1-23-12-14(10-22-23)13-24-6-3-17(4-7-24)25-19-9-15-2-5-21-11-16(15)8-18(19)20/h2,5,8-12,17H,3-4,6-7,13H2,1H3. The molecule has 6 heteroatoms. The maximum Gasteiger partial charge on any atom is 0.165 e. The summed E-state index contributed by atoms with van der Waals surface area (Å²) < 4.78 is 22.0. The number of hydrogen-bond donors (Lipinski definition) is 0. The average Bonchev–Trinajstić information content (AvgIpc) is 3.02. The van der Waals surface area contributed by atoms with Gasteiger partial charge in [-0.2, -0.15) is 5.10 Å². The van der Waals surface area contributed by atoms with Gasteiger partial charge in [0.05, 0.1) is 6.20 Å². The van der Waals surface area contributed by atoms with Crippen molar-refractivity contribution in [3.63, 3.8) is 0 Å². The Morgan fingerprint density at radius 1 is 1.20 bits per heavy atom. The Bertz CT molecular complexity index is 871. The zero-order valence-electron chi connectivity index (χ0n) is 14.2. The van der Waals surface area contributed by atoms with Gasteiger partial charge in [-0.15, -0.1) is 0 Å². The van der Waals surface area contributed by atoms with Crippen molar-refractivity contribution in [3.8, 4) is 5.75 Å². The topological polar surface area (TPSA) is 43.2 Å². The monoisotopic (exact) mass is 340 g/mol. The lowest BCUT2D eigenvalue weighted by atomic mass is 10.1. The molecular weight excluding hydrogens is 319 g/mol. The number of aryl methyl sites for hydroxylation is 1. The average molecular weight is 340 g/mol. The third-order valence-electron chi connectivity index (χ3n) is 4.68. The van der Waals surface area contributed by atoms with Crippen molar-refractivity contribution in [1.82, 2.24) is 19.7 Å². The van der Waals surface area contributed by atoms with Crippen molar-refractivity contribution in [2.75, 3.05) is 13.1 Å². The molecule has 1 aliphatic rings. The molecular formula is C19H21FN4O. The minimum atomic E-state index is -0.321. The molecule has 0 saturated carbocycles. The molecule has 3 heterocycles. The zero-order chi connectivity index (χ0) is 17.2. The lowest BCUT2D eigenvalue weighted by Crippen LogP contribution is -2.37. The van der Waals surface area contributed by atoms with Crippen LogP contribution in [0.25, 0.3) is 10.8 Å². The second-order valence-electron chi connectivity index (χ2n) is 6.62. The van der Waals surface area contributed by atoms with Crippen molar-refractivity contribution >= 4 is 10.8 Å². The van der Waals surface area contributed by atoms with E-state index in [1.807, 2.05) is 30.2 Å². The number of likely N-dealkylation sites (tertiary alicyclic amines) is 1. The van der Waals surface area contributed by atoms with Gasteiger partial charge in [0.1, 0.15) is 6.10 Å². The van der Waals surface area contributed by atoms with Crippen molar-refractivity contribution < 1.29 is 9.13 Å². The molecule has 25 heavy (non-hydrogen) atoms. The molecule has 0 atom stereocenters. The number of piperidine rings is 1. The van der Waals surface area contributed by atoms with Gasteiger partial charge in [-0.25, -0.2) is 4.39 Å². The highest BCUT2D eigenvalue weighted by molar-refractivity contribution is 5.83. The second-order valence-corrected chi connectivity index (χ2v) is 6.62. The largest absolute Gasteiger partial charge is 0.487 e. The first-order chi connectivity index (χ1) is 12.2. The molecule has 0 N–H and O–H groups in total. The third kappa shape index (κ3) is 3.64. The van der Waals surface area contributed by atoms with Gasteiger partial charge < -0.3 is 4.74 Å². The maximum atomic E-state index is 14.3. The molecule has 3 aromatic rings. The molecule has 1 aromatic carbocycles. The Morgan fingerprint density at radius 2 is 2.04 bits per heavy atom. The summed E-state index contributed by atoms with van der Waals surface area (Å²) in [6.07, 6.45) is 9.17. The van der Waals surface area contributed by atoms with Crippen molar-refractivity contribution in [3.05, 3.63) is 54.4 Å². The first kappa shape index (κ1) is 16.0. The molecule has 2 aromatic heterocycles. The molecule has 0 radical (unpaired) electrons. The Kier molecular flexibility index (Phi) is 4.36. The summed E-state index contributed by atoms with van der Waals surface area (Å²) in [7, 11) is 1.93. The van der Waals surface area contributed by atoms with Crippen LogP contribution in [0.15, 0.2) is 43.0 Å². The summed E-state index contributed by atoms with van der Waals surface area (Å²) in [6.45, 7) is 2.79. The Labute approximate surface area is 146 Å². The SMILES string of the molecule is Cn1cc(CN2CCC(Oc3cc4ccncc4cc3F)CC2)cn1. The molecule has 0 aliphatic carbocycles. The van der Waals surface area contributed by atoms with Gasteiger partial charge in [0.25, 0.3) is 0 Å². The molecule has 0 bridgehead atoms. The van der Waals surface area contributed by atoms with E-state index in [4.69, 9.17) is 4.74 Å². The van der Waals surface area contributed by atoms with Crippen molar-refractivity contribution in [1.29, 1.82) is 0 Å². The number of fused-ring (bicyclic) bond motifs is 1. The smallest absolute Gasteiger partial charge is 0.165 e. The Morgan fingerprint density at radius 3 is 2.80 bits per heavy atom. The number of rotatable bonds is 4. The summed E-state index contributed by atoms with van der Waals surface area (Å²) in [5.41, 5.74) is 1.22. The predicted molar refractivity (Wildman–Crippen MR) is 93.8 cm³/mol. The summed E-state index contributed by atoms with van der Waals surface area (Å²) in [6, 6.07) is 5.14. The van der Waals surface area contributed by atoms with E-state index in [1.54, 1.807) is 18.5 Å². The highest BCUT2D eigenvalue weighted by atomic mass is 19.1. The van der Waals surface area contributed by atoms with Crippen LogP contribution in [0.3, 0.4) is 0 Å². The molecule has 1 aliphatic heterocycles. The van der Waals surface area contributed by atoms with Gasteiger partial charge in [0, 0.05) is 56.2 Å². The van der Waals surface area contributed by atoms with Gasteiger partial charge in [-0.05, 0) is 36.4 Å². The van der Waals surface area contributed by atoms with E-state index in [-0.39, 0.29) is 11.9 Å². The van der Waals surface area contributed by atoms with Gasteiger partial charge in [-0.1, -0.05) is 0 Å². The van der Waals surface area contributed by atoms with Crippen LogP contribution in [0.5, 0.6) is 5.75 Å². The zero-order valence-corrected chi connectivity index (χ0v) is 14.2. The number of aromatic nitrogens is 3. The molecule has 1 fully saturated rings. The minimum absolute atomic E-state index is 0.0546. The fourth-order valence-electron chi connectivity index (χ4n) is 3.35. The number of pyridine rings is 1. The summed E-state index contributed by atoms with van der Waals surface area (Å²) in [4.78, 5) is 6.41. The maximum absolute atomic E-state index is 14.3. The summed E-state index contributed by atoms with van der Waals surface area (Å²) in [5, 5.41) is 5.94. The molecule has 5 nitrogen and oxygen atoms in total. The van der Waals surface area contributed by atoms with Gasteiger partial charge in [0.2, 0.25) is 0 Å². The van der Waals surface area contributed by atoms with Crippen LogP contribution in [0, 0.1) is 5.82 Å². The lowest BCUT2D eigenvalue weighted by Gasteiger charge is -2.32. The molecule has 0 spiro atoms. The van der Waals surface area contributed by atoms with E-state index in [9.17, 15) is 4.39 Å². The molecule has 130 valence electrons. The van der Waals surface area contributed by atoms with Crippen LogP contribution >= 0.6 is 0 Å². The van der Waals surface area contributed by atoms with Crippen LogP contribution in [0.1, 0.15) is 18.4 Å². The third-order valence-corrected chi connectivity index (χ3v) is 4.68. The van der Waals surface area contributed by atoms with E-state index in [0.717, 1.165) is 43.2 Å². The molecule has 4 rings (SSSR count). The highest BCUT2D eigenvalue weighted by Gasteiger charge is 2.22. The predicted octanol–water partition coefficient (Wildman–Crippen LogP) is 3.15. The van der Waals surface area contributed by atoms with E-state index >= 15 is 0 Å².